The lowest BCUT2D eigenvalue weighted by Gasteiger charge is -2.18. The third-order valence-corrected chi connectivity index (χ3v) is 3.96. The Bertz CT molecular complexity index is 967. The van der Waals surface area contributed by atoms with E-state index in [4.69, 9.17) is 5.11 Å². The number of aryl methyl sites for hydroxylation is 1. The smallest absolute Gasteiger partial charge is 0.416 e. The molecular formula is C18H18F3N3O4. The van der Waals surface area contributed by atoms with Crippen LogP contribution in [-0.2, 0) is 11.0 Å². The number of hydrogen-bond donors (Lipinski definition) is 2. The van der Waals surface area contributed by atoms with Gasteiger partial charge in [-0.1, -0.05) is 19.9 Å². The summed E-state index contributed by atoms with van der Waals surface area (Å²) in [7, 11) is 0. The van der Waals surface area contributed by atoms with Gasteiger partial charge in [-0.2, -0.15) is 18.3 Å². The van der Waals surface area contributed by atoms with E-state index in [2.05, 4.69) is 10.4 Å². The summed E-state index contributed by atoms with van der Waals surface area (Å²) in [5.74, 6) is -2.77. The molecule has 0 aliphatic heterocycles. The Kier molecular flexibility index (Phi) is 5.91. The van der Waals surface area contributed by atoms with E-state index >= 15 is 0 Å². The zero-order valence-corrected chi connectivity index (χ0v) is 15.2. The first-order valence-corrected chi connectivity index (χ1v) is 8.24. The molecule has 1 heterocycles. The summed E-state index contributed by atoms with van der Waals surface area (Å²) in [5.41, 5.74) is -2.10. The van der Waals surface area contributed by atoms with Crippen LogP contribution in [0.5, 0.6) is 0 Å². The van der Waals surface area contributed by atoms with Gasteiger partial charge < -0.3 is 10.4 Å². The number of rotatable bonds is 5. The second-order valence-electron chi connectivity index (χ2n) is 6.49. The van der Waals surface area contributed by atoms with Crippen LogP contribution in [0.1, 0.15) is 35.6 Å². The molecule has 150 valence electrons. The molecule has 0 fully saturated rings. The molecule has 2 N–H and O–H groups in total. The molecule has 2 rings (SSSR count). The van der Waals surface area contributed by atoms with Gasteiger partial charge in [-0.3, -0.25) is 9.59 Å². The molecule has 0 aliphatic carbocycles. The van der Waals surface area contributed by atoms with Crippen LogP contribution >= 0.6 is 0 Å². The molecule has 1 atom stereocenters. The highest BCUT2D eigenvalue weighted by molar-refractivity contribution is 5.94. The second-order valence-corrected chi connectivity index (χ2v) is 6.49. The fourth-order valence-corrected chi connectivity index (χ4v) is 2.50. The molecule has 0 spiro atoms. The Morgan fingerprint density at radius 2 is 1.86 bits per heavy atom. The number of nitrogens with zero attached hydrogens (tertiary/aromatic N) is 2. The summed E-state index contributed by atoms with van der Waals surface area (Å²) in [4.78, 5) is 35.8. The van der Waals surface area contributed by atoms with E-state index in [1.54, 1.807) is 13.8 Å². The van der Waals surface area contributed by atoms with Gasteiger partial charge in [0.25, 0.3) is 5.91 Å². The van der Waals surface area contributed by atoms with Crippen molar-refractivity contribution in [2.75, 3.05) is 0 Å². The van der Waals surface area contributed by atoms with Crippen molar-refractivity contribution in [3.8, 4) is 5.69 Å². The van der Waals surface area contributed by atoms with Crippen molar-refractivity contribution in [1.82, 2.24) is 15.1 Å². The van der Waals surface area contributed by atoms with Crippen LogP contribution in [0.25, 0.3) is 5.69 Å². The van der Waals surface area contributed by atoms with E-state index in [0.29, 0.717) is 0 Å². The maximum absolute atomic E-state index is 13.0. The topological polar surface area (TPSA) is 101 Å². The van der Waals surface area contributed by atoms with Crippen molar-refractivity contribution < 1.29 is 27.9 Å². The maximum Gasteiger partial charge on any atom is 0.416 e. The van der Waals surface area contributed by atoms with Crippen molar-refractivity contribution >= 4 is 11.9 Å². The van der Waals surface area contributed by atoms with Gasteiger partial charge in [0.1, 0.15) is 6.04 Å². The van der Waals surface area contributed by atoms with Gasteiger partial charge in [0.2, 0.25) is 5.43 Å². The maximum atomic E-state index is 13.0. The highest BCUT2D eigenvalue weighted by atomic mass is 19.4. The molecule has 0 bridgehead atoms. The van der Waals surface area contributed by atoms with Crippen LogP contribution in [0.3, 0.4) is 0 Å². The van der Waals surface area contributed by atoms with E-state index < -0.39 is 46.7 Å². The van der Waals surface area contributed by atoms with Gasteiger partial charge in [0.05, 0.1) is 11.3 Å². The molecule has 1 aromatic carbocycles. The van der Waals surface area contributed by atoms with Crippen LogP contribution in [0, 0.1) is 12.8 Å². The number of carbonyl (C=O) groups is 2. The van der Waals surface area contributed by atoms with Crippen molar-refractivity contribution in [3.63, 3.8) is 0 Å². The predicted octanol–water partition coefficient (Wildman–Crippen LogP) is 2.40. The summed E-state index contributed by atoms with van der Waals surface area (Å²) in [5, 5.41) is 15.2. The first-order chi connectivity index (χ1) is 12.9. The zero-order chi connectivity index (χ0) is 21.2. The fraction of sp³-hybridized carbons (Fsp3) is 0.333. The monoisotopic (exact) mass is 397 g/mol. The van der Waals surface area contributed by atoms with E-state index in [1.165, 1.54) is 19.1 Å². The van der Waals surface area contributed by atoms with Crippen LogP contribution in [0.15, 0.2) is 35.1 Å². The standard InChI is InChI=1S/C18H18F3N3O4/c1-9(2)14(17(27)28)22-16(26)15-13(25)7-10(3)24(23-15)12-6-4-5-11(8-12)18(19,20)21/h4-9,14H,1-3H3,(H,22,26)(H,27,28)/t14-/m0/s1. The molecule has 2 aromatic rings. The quantitative estimate of drug-likeness (QED) is 0.807. The van der Waals surface area contributed by atoms with Crippen LogP contribution in [0.2, 0.25) is 0 Å². The zero-order valence-electron chi connectivity index (χ0n) is 15.2. The third kappa shape index (κ3) is 4.56. The van der Waals surface area contributed by atoms with Crippen molar-refractivity contribution in [2.24, 2.45) is 5.92 Å². The molecule has 0 aliphatic rings. The van der Waals surface area contributed by atoms with Crippen molar-refractivity contribution in [1.29, 1.82) is 0 Å². The van der Waals surface area contributed by atoms with Gasteiger partial charge in [0, 0.05) is 11.8 Å². The Hall–Kier alpha value is -3.17. The van der Waals surface area contributed by atoms with Crippen molar-refractivity contribution in [2.45, 2.75) is 33.0 Å². The Morgan fingerprint density at radius 3 is 2.39 bits per heavy atom. The lowest BCUT2D eigenvalue weighted by Crippen LogP contribution is -2.46. The van der Waals surface area contributed by atoms with Crippen LogP contribution in [0.4, 0.5) is 13.2 Å². The number of carboxylic acid groups (broad SMARTS) is 1. The Balaban J connectivity index is 2.50. The lowest BCUT2D eigenvalue weighted by molar-refractivity contribution is -0.140. The largest absolute Gasteiger partial charge is 0.480 e. The number of carboxylic acids is 1. The molecule has 0 unspecified atom stereocenters. The Morgan fingerprint density at radius 1 is 1.21 bits per heavy atom. The summed E-state index contributed by atoms with van der Waals surface area (Å²) in [6.07, 6.45) is -4.57. The molecule has 0 saturated heterocycles. The summed E-state index contributed by atoms with van der Waals surface area (Å²) in [6, 6.07) is 4.03. The number of nitrogens with one attached hydrogen (secondary N) is 1. The van der Waals surface area contributed by atoms with E-state index in [0.717, 1.165) is 22.9 Å². The number of carbonyl (C=O) groups excluding carboxylic acids is 1. The van der Waals surface area contributed by atoms with E-state index in [-0.39, 0.29) is 11.4 Å². The molecule has 10 heteroatoms. The number of halogens is 3. The molecule has 1 aromatic heterocycles. The highest BCUT2D eigenvalue weighted by Gasteiger charge is 2.31. The minimum absolute atomic E-state index is 0.0000177. The molecule has 7 nitrogen and oxygen atoms in total. The summed E-state index contributed by atoms with van der Waals surface area (Å²) < 4.78 is 39.9. The van der Waals surface area contributed by atoms with Gasteiger partial charge in [-0.15, -0.1) is 0 Å². The van der Waals surface area contributed by atoms with E-state index in [9.17, 15) is 27.6 Å². The van der Waals surface area contributed by atoms with Crippen molar-refractivity contribution in [3.05, 3.63) is 57.5 Å². The number of alkyl halides is 3. The van der Waals surface area contributed by atoms with Gasteiger partial charge >= 0.3 is 12.1 Å². The molecular weight excluding hydrogens is 379 g/mol. The average Bonchev–Trinajstić information content (AvgIpc) is 2.58. The average molecular weight is 397 g/mol. The van der Waals surface area contributed by atoms with Crippen LogP contribution in [-0.4, -0.2) is 32.8 Å². The summed E-state index contributed by atoms with van der Waals surface area (Å²) >= 11 is 0. The van der Waals surface area contributed by atoms with E-state index in [1.807, 2.05) is 0 Å². The van der Waals surface area contributed by atoms with Gasteiger partial charge in [-0.25, -0.2) is 9.48 Å². The highest BCUT2D eigenvalue weighted by Crippen LogP contribution is 2.30. The van der Waals surface area contributed by atoms with Gasteiger partial charge in [0.15, 0.2) is 5.69 Å². The molecule has 0 radical (unpaired) electrons. The first-order valence-electron chi connectivity index (χ1n) is 8.24. The minimum atomic E-state index is -4.57. The fourth-order valence-electron chi connectivity index (χ4n) is 2.50. The number of aromatic nitrogens is 2. The second kappa shape index (κ2) is 7.83. The van der Waals surface area contributed by atoms with Gasteiger partial charge in [-0.05, 0) is 31.0 Å². The summed E-state index contributed by atoms with van der Waals surface area (Å²) in [6.45, 7) is 4.59. The Labute approximate surface area is 157 Å². The molecule has 28 heavy (non-hydrogen) atoms. The number of hydrogen-bond acceptors (Lipinski definition) is 4. The third-order valence-electron chi connectivity index (χ3n) is 3.96. The molecule has 0 saturated carbocycles. The number of amides is 1. The molecule has 1 amide bonds. The lowest BCUT2D eigenvalue weighted by atomic mass is 10.0. The normalized spacial score (nSPS) is 12.7. The van der Waals surface area contributed by atoms with Crippen LogP contribution < -0.4 is 10.7 Å². The number of aliphatic carboxylic acids is 1. The first kappa shape index (κ1) is 21.1. The predicted molar refractivity (Wildman–Crippen MR) is 93.3 cm³/mol. The SMILES string of the molecule is Cc1cc(=O)c(C(=O)N[C@H](C(=O)O)C(C)C)nn1-c1cccc(C(F)(F)F)c1. The number of benzene rings is 1. The minimum Gasteiger partial charge on any atom is -0.480 e.